The van der Waals surface area contributed by atoms with Crippen LogP contribution >= 0.6 is 0 Å². The quantitative estimate of drug-likeness (QED) is 0.570. The summed E-state index contributed by atoms with van der Waals surface area (Å²) < 4.78 is 57.1. The second-order valence-corrected chi connectivity index (χ2v) is 8.75. The van der Waals surface area contributed by atoms with Gasteiger partial charge in [-0.1, -0.05) is 26.0 Å². The molecule has 9 nitrogen and oxygen atoms in total. The van der Waals surface area contributed by atoms with Gasteiger partial charge in [0.15, 0.2) is 5.82 Å². The SMILES string of the molecule is Cc1nnnn1-c1ccc(F)c(NC(=O)[C@@H](NS(=O)(=O)c2ccccc2F)C(C)C)c1. The minimum Gasteiger partial charge on any atom is -0.322 e. The third kappa shape index (κ3) is 4.91. The van der Waals surface area contributed by atoms with Gasteiger partial charge >= 0.3 is 0 Å². The van der Waals surface area contributed by atoms with Crippen molar-refractivity contribution < 1.29 is 22.0 Å². The number of hydrogen-bond acceptors (Lipinski definition) is 6. The van der Waals surface area contributed by atoms with Gasteiger partial charge in [0.05, 0.1) is 11.4 Å². The Morgan fingerprint density at radius 2 is 1.81 bits per heavy atom. The van der Waals surface area contributed by atoms with E-state index in [1.54, 1.807) is 20.8 Å². The Morgan fingerprint density at radius 1 is 1.10 bits per heavy atom. The highest BCUT2D eigenvalue weighted by Crippen LogP contribution is 2.21. The number of carbonyl (C=O) groups is 1. The monoisotopic (exact) mass is 450 g/mol. The minimum absolute atomic E-state index is 0.187. The number of nitrogens with zero attached hydrogens (tertiary/aromatic N) is 4. The molecule has 164 valence electrons. The van der Waals surface area contributed by atoms with E-state index >= 15 is 0 Å². The fourth-order valence-corrected chi connectivity index (χ4v) is 4.23. The highest BCUT2D eigenvalue weighted by Gasteiger charge is 2.30. The topological polar surface area (TPSA) is 119 Å². The van der Waals surface area contributed by atoms with Gasteiger partial charge in [0.25, 0.3) is 0 Å². The number of benzene rings is 2. The number of hydrogen-bond donors (Lipinski definition) is 2. The highest BCUT2D eigenvalue weighted by atomic mass is 32.2. The standard InChI is InChI=1S/C19H20F2N6O3S/c1-11(2)18(24-31(29,30)17-7-5-4-6-15(17)21)19(28)22-16-10-13(8-9-14(16)20)27-12(3)23-25-26-27/h4-11,18,24H,1-3H3,(H,22,28)/t18-/m0/s1. The first kappa shape index (κ1) is 22.4. The van der Waals surface area contributed by atoms with Crippen LogP contribution < -0.4 is 10.0 Å². The third-order valence-corrected chi connectivity index (χ3v) is 5.91. The van der Waals surface area contributed by atoms with Crippen molar-refractivity contribution in [2.75, 3.05) is 5.32 Å². The molecule has 31 heavy (non-hydrogen) atoms. The third-order valence-electron chi connectivity index (χ3n) is 4.44. The van der Waals surface area contributed by atoms with Crippen LogP contribution in [0.3, 0.4) is 0 Å². The maximum atomic E-state index is 14.3. The first-order valence-electron chi connectivity index (χ1n) is 9.23. The Kier molecular flexibility index (Phi) is 6.41. The van der Waals surface area contributed by atoms with Crippen LogP contribution in [0.15, 0.2) is 47.4 Å². The predicted molar refractivity (Wildman–Crippen MR) is 108 cm³/mol. The normalized spacial score (nSPS) is 12.7. The Bertz CT molecular complexity index is 1210. The van der Waals surface area contributed by atoms with Crippen molar-refractivity contribution in [3.8, 4) is 5.69 Å². The van der Waals surface area contributed by atoms with Gasteiger partial charge in [-0.15, -0.1) is 5.10 Å². The van der Waals surface area contributed by atoms with Crippen LogP contribution in [0, 0.1) is 24.5 Å². The molecule has 0 unspecified atom stereocenters. The molecular formula is C19H20F2N6O3S. The van der Waals surface area contributed by atoms with E-state index in [0.717, 1.165) is 18.2 Å². The largest absolute Gasteiger partial charge is 0.322 e. The van der Waals surface area contributed by atoms with E-state index in [9.17, 15) is 22.0 Å². The Labute approximate surface area is 177 Å². The molecule has 0 fully saturated rings. The van der Waals surface area contributed by atoms with Crippen LogP contribution in [-0.4, -0.2) is 40.6 Å². The number of rotatable bonds is 7. The first-order chi connectivity index (χ1) is 14.6. The summed E-state index contributed by atoms with van der Waals surface area (Å²) in [6.45, 7) is 4.85. The van der Waals surface area contributed by atoms with E-state index in [1.165, 1.54) is 28.9 Å². The van der Waals surface area contributed by atoms with E-state index in [2.05, 4.69) is 25.6 Å². The van der Waals surface area contributed by atoms with Gasteiger partial charge in [-0.25, -0.2) is 17.2 Å². The van der Waals surface area contributed by atoms with Crippen LogP contribution in [0.1, 0.15) is 19.7 Å². The summed E-state index contributed by atoms with van der Waals surface area (Å²) in [5, 5.41) is 13.4. The molecule has 0 aliphatic rings. The average Bonchev–Trinajstić information content (AvgIpc) is 3.13. The summed E-state index contributed by atoms with van der Waals surface area (Å²) >= 11 is 0. The summed E-state index contributed by atoms with van der Waals surface area (Å²) in [6, 6.07) is 7.38. The second kappa shape index (κ2) is 8.86. The zero-order valence-electron chi connectivity index (χ0n) is 16.9. The van der Waals surface area contributed by atoms with Crippen molar-refractivity contribution in [2.45, 2.75) is 31.7 Å². The molecule has 0 radical (unpaired) electrons. The van der Waals surface area contributed by atoms with Gasteiger partial charge in [-0.05, 0) is 53.6 Å². The fraction of sp³-hybridized carbons (Fsp3) is 0.263. The Hall–Kier alpha value is -3.25. The molecule has 0 bridgehead atoms. The van der Waals surface area contributed by atoms with Gasteiger partial charge in [0.2, 0.25) is 15.9 Å². The molecule has 2 aromatic carbocycles. The fourth-order valence-electron chi connectivity index (χ4n) is 2.81. The molecule has 0 saturated heterocycles. The average molecular weight is 450 g/mol. The number of carbonyl (C=O) groups excluding carboxylic acids is 1. The molecule has 0 spiro atoms. The van der Waals surface area contributed by atoms with Gasteiger partial charge in [-0.2, -0.15) is 9.40 Å². The molecule has 12 heteroatoms. The molecule has 3 rings (SSSR count). The molecule has 1 heterocycles. The van der Waals surface area contributed by atoms with E-state index < -0.39 is 44.4 Å². The smallest absolute Gasteiger partial charge is 0.244 e. The lowest BCUT2D eigenvalue weighted by Gasteiger charge is -2.22. The Morgan fingerprint density at radius 3 is 2.42 bits per heavy atom. The van der Waals surface area contributed by atoms with E-state index in [0.29, 0.717) is 11.5 Å². The van der Waals surface area contributed by atoms with E-state index in [1.807, 2.05) is 0 Å². The van der Waals surface area contributed by atoms with Crippen LogP contribution in [-0.2, 0) is 14.8 Å². The number of nitrogens with one attached hydrogen (secondary N) is 2. The number of tetrazole rings is 1. The van der Waals surface area contributed by atoms with Crippen LogP contribution in [0.4, 0.5) is 14.5 Å². The zero-order valence-corrected chi connectivity index (χ0v) is 17.7. The van der Waals surface area contributed by atoms with Gasteiger partial charge < -0.3 is 5.32 Å². The van der Waals surface area contributed by atoms with Gasteiger partial charge in [0.1, 0.15) is 22.6 Å². The van der Waals surface area contributed by atoms with Crippen LogP contribution in [0.2, 0.25) is 0 Å². The summed E-state index contributed by atoms with van der Waals surface area (Å²) in [5.41, 5.74) is 0.209. The van der Waals surface area contributed by atoms with Gasteiger partial charge in [0, 0.05) is 0 Å². The van der Waals surface area contributed by atoms with Crippen molar-refractivity contribution in [2.24, 2.45) is 5.92 Å². The van der Waals surface area contributed by atoms with Crippen molar-refractivity contribution in [1.29, 1.82) is 0 Å². The molecule has 1 amide bonds. The molecule has 2 N–H and O–H groups in total. The minimum atomic E-state index is -4.34. The molecule has 0 saturated carbocycles. The highest BCUT2D eigenvalue weighted by molar-refractivity contribution is 7.89. The molecule has 1 aromatic heterocycles. The molecule has 0 aliphatic carbocycles. The summed E-state index contributed by atoms with van der Waals surface area (Å²) in [7, 11) is -4.34. The number of sulfonamides is 1. The van der Waals surface area contributed by atoms with Crippen molar-refractivity contribution in [3.63, 3.8) is 0 Å². The van der Waals surface area contributed by atoms with E-state index in [4.69, 9.17) is 0 Å². The maximum absolute atomic E-state index is 14.3. The van der Waals surface area contributed by atoms with Gasteiger partial charge in [-0.3, -0.25) is 4.79 Å². The Balaban J connectivity index is 1.87. The molecule has 0 aliphatic heterocycles. The maximum Gasteiger partial charge on any atom is 0.244 e. The van der Waals surface area contributed by atoms with Crippen LogP contribution in [0.5, 0.6) is 0 Å². The number of aromatic nitrogens is 4. The lowest BCUT2D eigenvalue weighted by Crippen LogP contribution is -2.47. The lowest BCUT2D eigenvalue weighted by molar-refractivity contribution is -0.118. The van der Waals surface area contributed by atoms with Crippen LogP contribution in [0.25, 0.3) is 5.69 Å². The second-order valence-electron chi connectivity index (χ2n) is 7.06. The van der Waals surface area contributed by atoms with Crippen molar-refractivity contribution in [3.05, 3.63) is 59.9 Å². The van der Waals surface area contributed by atoms with Crippen molar-refractivity contribution >= 4 is 21.6 Å². The van der Waals surface area contributed by atoms with E-state index in [-0.39, 0.29) is 5.69 Å². The number of aryl methyl sites for hydroxylation is 1. The molecule has 3 aromatic rings. The number of anilines is 1. The molecular weight excluding hydrogens is 430 g/mol. The molecule has 1 atom stereocenters. The summed E-state index contributed by atoms with van der Waals surface area (Å²) in [6.07, 6.45) is 0. The predicted octanol–water partition coefficient (Wildman–Crippen LogP) is 2.19. The zero-order chi connectivity index (χ0) is 22.8. The summed E-state index contributed by atoms with van der Waals surface area (Å²) in [5.74, 6) is -2.56. The lowest BCUT2D eigenvalue weighted by atomic mass is 10.0. The summed E-state index contributed by atoms with van der Waals surface area (Å²) in [4.78, 5) is 12.2. The number of halogens is 2. The first-order valence-corrected chi connectivity index (χ1v) is 10.7. The van der Waals surface area contributed by atoms with Crippen molar-refractivity contribution in [1.82, 2.24) is 24.9 Å². The number of amides is 1.